The zero-order valence-electron chi connectivity index (χ0n) is 23.3. The Morgan fingerprint density at radius 1 is 1.15 bits per heavy atom. The molecule has 0 atom stereocenters. The number of halogens is 1. The number of H-pyrrole nitrogens is 2. The lowest BCUT2D eigenvalue weighted by molar-refractivity contribution is 0.489. The van der Waals surface area contributed by atoms with Gasteiger partial charge in [0.05, 0.1) is 11.0 Å². The number of nitrogens with two attached hydrogens (primary N) is 1. The number of pyridine rings is 1. The van der Waals surface area contributed by atoms with Gasteiger partial charge in [-0.2, -0.15) is 5.10 Å². The molecule has 2 aromatic carbocycles. The van der Waals surface area contributed by atoms with Crippen LogP contribution in [0.2, 0.25) is 0 Å². The minimum atomic E-state index is -0.359. The fourth-order valence-electron chi connectivity index (χ4n) is 5.78. The third-order valence-electron chi connectivity index (χ3n) is 8.04. The number of nitrogens with zero attached hydrogens (tertiary/aromatic N) is 2. The largest absolute Gasteiger partial charge is 0.399 e. The first-order valence-electron chi connectivity index (χ1n) is 14.2. The van der Waals surface area contributed by atoms with Gasteiger partial charge in [-0.15, -0.1) is 0 Å². The first kappa shape index (κ1) is 26.7. The van der Waals surface area contributed by atoms with Gasteiger partial charge in [0.2, 0.25) is 0 Å². The predicted octanol–water partition coefficient (Wildman–Crippen LogP) is 5.92. The van der Waals surface area contributed by atoms with Gasteiger partial charge < -0.3 is 16.0 Å². The summed E-state index contributed by atoms with van der Waals surface area (Å²) in [6.07, 6.45) is 13.3. The molecule has 1 aliphatic rings. The maximum atomic E-state index is 14.1. The number of hydrogen-bond donors (Lipinski definition) is 4. The van der Waals surface area contributed by atoms with Crippen LogP contribution in [0, 0.1) is 11.7 Å². The second-order valence-corrected chi connectivity index (χ2v) is 11.1. The number of hydrogen-bond acceptors (Lipinski definition) is 4. The third-order valence-corrected chi connectivity index (χ3v) is 8.04. The average molecular weight is 547 g/mol. The number of allylic oxidation sites excluding steroid dienone is 2. The fourth-order valence-corrected chi connectivity index (χ4v) is 5.78. The lowest BCUT2D eigenvalue weighted by Gasteiger charge is -2.11. The highest BCUT2D eigenvalue weighted by Crippen LogP contribution is 2.32. The summed E-state index contributed by atoms with van der Waals surface area (Å²) in [7, 11) is 0. The van der Waals surface area contributed by atoms with E-state index in [0.717, 1.165) is 74.1 Å². The lowest BCUT2D eigenvalue weighted by Crippen LogP contribution is -2.21. The van der Waals surface area contributed by atoms with Gasteiger partial charge in [-0.05, 0) is 103 Å². The highest BCUT2D eigenvalue weighted by Gasteiger charge is 2.14. The molecule has 5 N–H and O–H groups in total. The summed E-state index contributed by atoms with van der Waals surface area (Å²) in [6, 6.07) is 14.7. The van der Waals surface area contributed by atoms with Crippen LogP contribution in [0.1, 0.15) is 43.7 Å². The number of rotatable bonds is 8. The molecule has 1 saturated carbocycles. The Kier molecular flexibility index (Phi) is 7.53. The second kappa shape index (κ2) is 11.6. The van der Waals surface area contributed by atoms with E-state index in [-0.39, 0.29) is 5.82 Å². The highest BCUT2D eigenvalue weighted by atomic mass is 19.1. The quantitative estimate of drug-likeness (QED) is 0.182. The van der Waals surface area contributed by atoms with Crippen molar-refractivity contribution in [3.63, 3.8) is 0 Å². The van der Waals surface area contributed by atoms with Crippen molar-refractivity contribution in [2.24, 2.45) is 5.92 Å². The molecule has 0 bridgehead atoms. The number of nitrogens with one attached hydrogen (secondary N) is 3. The highest BCUT2D eigenvalue weighted by molar-refractivity contribution is 5.98. The molecule has 1 aliphatic carbocycles. The molecule has 208 valence electrons. The van der Waals surface area contributed by atoms with E-state index in [1.807, 2.05) is 42.7 Å². The normalized spacial score (nSPS) is 14.9. The molecule has 41 heavy (non-hydrogen) atoms. The summed E-state index contributed by atoms with van der Waals surface area (Å²) in [6.45, 7) is 8.30. The van der Waals surface area contributed by atoms with Crippen molar-refractivity contribution in [1.29, 1.82) is 0 Å². The molecule has 0 unspecified atom stereocenters. The molecular weight excluding hydrogens is 511 g/mol. The monoisotopic (exact) mass is 546 g/mol. The van der Waals surface area contributed by atoms with Crippen LogP contribution in [0.5, 0.6) is 0 Å². The van der Waals surface area contributed by atoms with Crippen LogP contribution >= 0.6 is 0 Å². The number of anilines is 1. The molecular formula is C34H35FN6. The number of benzene rings is 2. The van der Waals surface area contributed by atoms with E-state index in [9.17, 15) is 4.39 Å². The smallest absolute Gasteiger partial charge is 0.125 e. The molecule has 1 fully saturated rings. The Balaban J connectivity index is 1.23. The lowest BCUT2D eigenvalue weighted by atomic mass is 10.0. The van der Waals surface area contributed by atoms with E-state index in [0.29, 0.717) is 5.69 Å². The number of aromatic nitrogens is 4. The molecule has 3 aromatic heterocycles. The molecule has 0 aliphatic heterocycles. The molecule has 0 saturated heterocycles. The van der Waals surface area contributed by atoms with Crippen molar-refractivity contribution in [3.05, 3.63) is 94.5 Å². The molecule has 6 nitrogen and oxygen atoms in total. The first-order chi connectivity index (χ1) is 19.9. The third kappa shape index (κ3) is 5.86. The maximum absolute atomic E-state index is 14.1. The van der Waals surface area contributed by atoms with Gasteiger partial charge in [0.25, 0.3) is 0 Å². The van der Waals surface area contributed by atoms with Crippen LogP contribution in [-0.2, 0) is 6.54 Å². The van der Waals surface area contributed by atoms with Gasteiger partial charge in [0.15, 0.2) is 0 Å². The summed E-state index contributed by atoms with van der Waals surface area (Å²) >= 11 is 0. The van der Waals surface area contributed by atoms with Gasteiger partial charge in [-0.3, -0.25) is 10.1 Å². The molecule has 6 rings (SSSR count). The minimum absolute atomic E-state index is 0.359. The predicted molar refractivity (Wildman–Crippen MR) is 166 cm³/mol. The van der Waals surface area contributed by atoms with E-state index in [4.69, 9.17) is 5.73 Å². The van der Waals surface area contributed by atoms with Crippen LogP contribution in [0.15, 0.2) is 67.0 Å². The molecule has 0 amide bonds. The molecule has 5 aromatic rings. The Hall–Kier alpha value is -4.49. The molecule has 0 radical (unpaired) electrons. The van der Waals surface area contributed by atoms with Crippen LogP contribution in [-0.4, -0.2) is 26.7 Å². The maximum Gasteiger partial charge on any atom is 0.125 e. The van der Waals surface area contributed by atoms with Gasteiger partial charge >= 0.3 is 0 Å². The number of aromatic amines is 2. The molecule has 7 heteroatoms. The fraction of sp³-hybridized carbons (Fsp3) is 0.235. The van der Waals surface area contributed by atoms with E-state index >= 15 is 0 Å². The van der Waals surface area contributed by atoms with E-state index in [2.05, 4.69) is 51.1 Å². The van der Waals surface area contributed by atoms with Gasteiger partial charge in [0.1, 0.15) is 11.5 Å². The van der Waals surface area contributed by atoms with Gasteiger partial charge in [-0.1, -0.05) is 37.6 Å². The number of nitrogen functional groups attached to an aromatic ring is 1. The van der Waals surface area contributed by atoms with Crippen LogP contribution in [0.3, 0.4) is 0 Å². The SMILES string of the molecule is C=c1c(-c2cc3c(-c4cc(N)cc(F)c4)cccc3[nH]2)n[nH]/c1=C/C=C(\C)c1cncc(CNCC2CCCC2)c1. The summed E-state index contributed by atoms with van der Waals surface area (Å²) in [5.41, 5.74) is 13.8. The van der Waals surface area contributed by atoms with Crippen LogP contribution in [0.4, 0.5) is 10.1 Å². The first-order valence-corrected chi connectivity index (χ1v) is 14.2. The van der Waals surface area contributed by atoms with E-state index in [1.54, 1.807) is 6.07 Å². The number of fused-ring (bicyclic) bond motifs is 1. The Labute approximate surface area is 238 Å². The summed E-state index contributed by atoms with van der Waals surface area (Å²) in [4.78, 5) is 7.92. The van der Waals surface area contributed by atoms with Crippen LogP contribution < -0.4 is 21.6 Å². The standard InChI is InChI=1S/C34H35FN6/c1-21(26-12-24(19-38-20-26)18-37-17-23-6-3-4-7-23)10-11-31-22(2)34(41-40-31)33-16-30-29(8-5-9-32(30)39-33)25-13-27(35)15-28(36)14-25/h5,8-16,19-20,23,37,39-40H,2-4,6-7,17-18,36H2,1H3/b21-10+,31-11+. The summed E-state index contributed by atoms with van der Waals surface area (Å²) < 4.78 is 14.1. The van der Waals surface area contributed by atoms with Crippen molar-refractivity contribution in [2.45, 2.75) is 39.2 Å². The second-order valence-electron chi connectivity index (χ2n) is 11.1. The van der Waals surface area contributed by atoms with Crippen molar-refractivity contribution >= 4 is 34.8 Å². The Morgan fingerprint density at radius 3 is 2.83 bits per heavy atom. The Morgan fingerprint density at radius 2 is 2.00 bits per heavy atom. The minimum Gasteiger partial charge on any atom is -0.399 e. The molecule has 3 heterocycles. The zero-order chi connectivity index (χ0) is 28.3. The Bertz CT molecular complexity index is 1820. The van der Waals surface area contributed by atoms with Crippen molar-refractivity contribution in [2.75, 3.05) is 12.3 Å². The van der Waals surface area contributed by atoms with E-state index < -0.39 is 0 Å². The van der Waals surface area contributed by atoms with Crippen LogP contribution in [0.25, 0.3) is 51.6 Å². The summed E-state index contributed by atoms with van der Waals surface area (Å²) in [5, 5.41) is 13.9. The molecule has 0 spiro atoms. The zero-order valence-corrected chi connectivity index (χ0v) is 23.3. The van der Waals surface area contributed by atoms with E-state index in [1.165, 1.54) is 43.4 Å². The van der Waals surface area contributed by atoms with Crippen molar-refractivity contribution in [3.8, 4) is 22.5 Å². The average Bonchev–Trinajstić information content (AvgIpc) is 3.71. The van der Waals surface area contributed by atoms with Crippen molar-refractivity contribution < 1.29 is 4.39 Å². The topological polar surface area (TPSA) is 95.4 Å². The summed E-state index contributed by atoms with van der Waals surface area (Å²) in [5.74, 6) is 0.458. The van der Waals surface area contributed by atoms with Gasteiger partial charge in [0, 0.05) is 40.7 Å². The van der Waals surface area contributed by atoms with Gasteiger partial charge in [-0.25, -0.2) is 4.39 Å². The van der Waals surface area contributed by atoms with Crippen molar-refractivity contribution in [1.82, 2.24) is 25.5 Å².